The summed E-state index contributed by atoms with van der Waals surface area (Å²) in [6.07, 6.45) is 9.07. The molecule has 3 saturated heterocycles. The van der Waals surface area contributed by atoms with E-state index in [0.29, 0.717) is 5.41 Å². The molecule has 4 rings (SSSR count). The molecule has 150 valence electrons. The first-order chi connectivity index (χ1) is 12.4. The van der Waals surface area contributed by atoms with Gasteiger partial charge in [0.1, 0.15) is 5.67 Å². The maximum absolute atomic E-state index is 14.4. The van der Waals surface area contributed by atoms with Gasteiger partial charge in [0.2, 0.25) is 0 Å². The molecule has 0 radical (unpaired) electrons. The van der Waals surface area contributed by atoms with Crippen LogP contribution in [0.2, 0.25) is 0 Å². The summed E-state index contributed by atoms with van der Waals surface area (Å²) >= 11 is 0. The minimum atomic E-state index is -0.947. The Balaban J connectivity index is 1.19. The average Bonchev–Trinajstić information content (AvgIpc) is 2.58. The van der Waals surface area contributed by atoms with Crippen molar-refractivity contribution in [2.24, 2.45) is 17.3 Å². The van der Waals surface area contributed by atoms with Crippen LogP contribution in [0.4, 0.5) is 4.39 Å². The zero-order valence-electron chi connectivity index (χ0n) is 17.4. The Morgan fingerprint density at radius 3 is 2.23 bits per heavy atom. The lowest BCUT2D eigenvalue weighted by Gasteiger charge is -2.57. The van der Waals surface area contributed by atoms with Gasteiger partial charge >= 0.3 is 0 Å². The third-order valence-corrected chi connectivity index (χ3v) is 8.55. The second-order valence-corrected chi connectivity index (χ2v) is 10.5. The normalized spacial score (nSPS) is 38.5. The van der Waals surface area contributed by atoms with Gasteiger partial charge in [0.15, 0.2) is 0 Å². The van der Waals surface area contributed by atoms with Crippen LogP contribution in [0.15, 0.2) is 0 Å². The van der Waals surface area contributed by atoms with Crippen molar-refractivity contribution in [3.63, 3.8) is 0 Å². The highest BCUT2D eigenvalue weighted by Crippen LogP contribution is 2.52. The molecule has 0 aromatic rings. The van der Waals surface area contributed by atoms with Crippen molar-refractivity contribution in [1.82, 2.24) is 14.7 Å². The van der Waals surface area contributed by atoms with E-state index in [4.69, 9.17) is 0 Å². The first kappa shape index (κ1) is 19.1. The topological polar surface area (TPSA) is 9.72 Å². The third kappa shape index (κ3) is 3.98. The van der Waals surface area contributed by atoms with E-state index in [1.54, 1.807) is 6.92 Å². The first-order valence-corrected chi connectivity index (χ1v) is 11.2. The number of piperidine rings is 3. The number of likely N-dealkylation sites (tertiary alicyclic amines) is 3. The molecule has 2 atom stereocenters. The van der Waals surface area contributed by atoms with Crippen LogP contribution in [-0.4, -0.2) is 79.3 Å². The van der Waals surface area contributed by atoms with Gasteiger partial charge in [-0.15, -0.1) is 0 Å². The zero-order chi connectivity index (χ0) is 18.4. The van der Waals surface area contributed by atoms with E-state index in [-0.39, 0.29) is 5.92 Å². The summed E-state index contributed by atoms with van der Waals surface area (Å²) in [7, 11) is 2.25. The fourth-order valence-corrected chi connectivity index (χ4v) is 6.00. The second kappa shape index (κ2) is 7.33. The lowest BCUT2D eigenvalue weighted by Crippen LogP contribution is -2.59. The lowest BCUT2D eigenvalue weighted by molar-refractivity contribution is -0.0781. The minimum absolute atomic E-state index is 0.184. The fourth-order valence-electron chi connectivity index (χ4n) is 6.00. The van der Waals surface area contributed by atoms with Crippen LogP contribution in [-0.2, 0) is 0 Å². The lowest BCUT2D eigenvalue weighted by atomic mass is 9.59. The van der Waals surface area contributed by atoms with Crippen LogP contribution >= 0.6 is 0 Å². The largest absolute Gasteiger partial charge is 0.306 e. The van der Waals surface area contributed by atoms with Gasteiger partial charge in [-0.2, -0.15) is 0 Å². The van der Waals surface area contributed by atoms with E-state index in [0.717, 1.165) is 31.5 Å². The second-order valence-electron chi connectivity index (χ2n) is 10.5. The molecule has 0 bridgehead atoms. The van der Waals surface area contributed by atoms with Crippen molar-refractivity contribution in [2.75, 3.05) is 52.9 Å². The molecule has 0 aromatic carbocycles. The highest BCUT2D eigenvalue weighted by atomic mass is 19.1. The van der Waals surface area contributed by atoms with Gasteiger partial charge in [-0.05, 0) is 96.4 Å². The molecule has 4 heteroatoms. The molecule has 1 aliphatic carbocycles. The predicted molar refractivity (Wildman–Crippen MR) is 106 cm³/mol. The molecular weight excluding hydrogens is 325 g/mol. The summed E-state index contributed by atoms with van der Waals surface area (Å²) in [5.41, 5.74) is -0.315. The molecule has 26 heavy (non-hydrogen) atoms. The van der Waals surface area contributed by atoms with Crippen LogP contribution in [0.5, 0.6) is 0 Å². The van der Waals surface area contributed by atoms with Crippen LogP contribution in [0.3, 0.4) is 0 Å². The van der Waals surface area contributed by atoms with E-state index in [1.165, 1.54) is 71.2 Å². The molecule has 1 saturated carbocycles. The van der Waals surface area contributed by atoms with Gasteiger partial charge in [0.05, 0.1) is 0 Å². The molecule has 0 aromatic heterocycles. The minimum Gasteiger partial charge on any atom is -0.306 e. The molecule has 3 nitrogen and oxygen atoms in total. The van der Waals surface area contributed by atoms with Gasteiger partial charge in [-0.1, -0.05) is 6.92 Å². The molecule has 0 amide bonds. The summed E-state index contributed by atoms with van der Waals surface area (Å²) in [6, 6.07) is 0.744. The Kier molecular flexibility index (Phi) is 5.39. The summed E-state index contributed by atoms with van der Waals surface area (Å²) in [6.45, 7) is 12.4. The first-order valence-electron chi connectivity index (χ1n) is 11.2. The standard InChI is InChI=1S/C22H40FN3/c1-18-16-26(13-6-21(18,2)23)20-14-22(15-20)7-11-25(12-8-22)17-19-4-9-24(3)10-5-19/h18-20H,4-17H2,1-3H3. The van der Waals surface area contributed by atoms with E-state index in [1.807, 2.05) is 0 Å². The molecular formula is C22H40FN3. The smallest absolute Gasteiger partial charge is 0.113 e. The zero-order valence-corrected chi connectivity index (χ0v) is 17.4. The number of nitrogens with zero attached hydrogens (tertiary/aromatic N) is 3. The van der Waals surface area contributed by atoms with E-state index in [9.17, 15) is 4.39 Å². The molecule has 2 unspecified atom stereocenters. The van der Waals surface area contributed by atoms with Gasteiger partial charge in [-0.25, -0.2) is 4.39 Å². The molecule has 3 heterocycles. The number of rotatable bonds is 3. The quantitative estimate of drug-likeness (QED) is 0.756. The van der Waals surface area contributed by atoms with E-state index in [2.05, 4.69) is 28.7 Å². The Morgan fingerprint density at radius 2 is 1.62 bits per heavy atom. The molecule has 0 N–H and O–H groups in total. The van der Waals surface area contributed by atoms with Crippen LogP contribution < -0.4 is 0 Å². The van der Waals surface area contributed by atoms with Crippen LogP contribution in [0, 0.1) is 17.3 Å². The molecule has 4 fully saturated rings. The molecule has 4 aliphatic rings. The van der Waals surface area contributed by atoms with Crippen molar-refractivity contribution < 1.29 is 4.39 Å². The fraction of sp³-hybridized carbons (Fsp3) is 1.00. The number of halogens is 1. The van der Waals surface area contributed by atoms with E-state index < -0.39 is 5.67 Å². The number of alkyl halides is 1. The summed E-state index contributed by atoms with van der Waals surface area (Å²) in [5, 5.41) is 0. The van der Waals surface area contributed by atoms with E-state index >= 15 is 0 Å². The summed E-state index contributed by atoms with van der Waals surface area (Å²) in [4.78, 5) is 7.84. The Morgan fingerprint density at radius 1 is 0.962 bits per heavy atom. The monoisotopic (exact) mass is 365 g/mol. The van der Waals surface area contributed by atoms with Crippen LogP contribution in [0.25, 0.3) is 0 Å². The summed E-state index contributed by atoms with van der Waals surface area (Å²) < 4.78 is 14.4. The highest BCUT2D eigenvalue weighted by molar-refractivity contribution is 5.03. The van der Waals surface area contributed by atoms with Crippen molar-refractivity contribution in [1.29, 1.82) is 0 Å². The highest BCUT2D eigenvalue weighted by Gasteiger charge is 2.49. The number of hydrogen-bond donors (Lipinski definition) is 0. The molecule has 3 aliphatic heterocycles. The van der Waals surface area contributed by atoms with Gasteiger partial charge < -0.3 is 9.80 Å². The van der Waals surface area contributed by atoms with Crippen molar-refractivity contribution >= 4 is 0 Å². The predicted octanol–water partition coefficient (Wildman–Crippen LogP) is 3.64. The SMILES string of the molecule is CC1CN(C2CC3(CCN(CC4CCN(C)CC4)CC3)C2)CCC1(C)F. The van der Waals surface area contributed by atoms with Crippen molar-refractivity contribution in [2.45, 2.75) is 70.5 Å². The van der Waals surface area contributed by atoms with Gasteiger partial charge in [0.25, 0.3) is 0 Å². The van der Waals surface area contributed by atoms with Gasteiger partial charge in [0, 0.05) is 31.6 Å². The van der Waals surface area contributed by atoms with Crippen LogP contribution in [0.1, 0.15) is 58.8 Å². The Hall–Kier alpha value is -0.190. The molecule has 1 spiro atoms. The number of hydrogen-bond acceptors (Lipinski definition) is 3. The summed E-state index contributed by atoms with van der Waals surface area (Å²) in [5.74, 6) is 1.11. The van der Waals surface area contributed by atoms with Crippen molar-refractivity contribution in [3.8, 4) is 0 Å². The maximum atomic E-state index is 14.4. The Bertz CT molecular complexity index is 470. The third-order valence-electron chi connectivity index (χ3n) is 8.55. The Labute approximate surface area is 160 Å². The average molecular weight is 366 g/mol. The van der Waals surface area contributed by atoms with Gasteiger partial charge in [-0.3, -0.25) is 4.90 Å². The van der Waals surface area contributed by atoms with Crippen molar-refractivity contribution in [3.05, 3.63) is 0 Å². The maximum Gasteiger partial charge on any atom is 0.113 e.